The van der Waals surface area contributed by atoms with E-state index in [4.69, 9.17) is 4.74 Å². The second-order valence-electron chi connectivity index (χ2n) is 7.39. The molecule has 1 aliphatic rings. The Bertz CT molecular complexity index is 884. The summed E-state index contributed by atoms with van der Waals surface area (Å²) >= 11 is 0. The van der Waals surface area contributed by atoms with Crippen LogP contribution in [-0.4, -0.2) is 30.8 Å². The van der Waals surface area contributed by atoms with Crippen LogP contribution in [0.5, 0.6) is 0 Å². The fourth-order valence-electron chi connectivity index (χ4n) is 3.49. The number of nitriles is 1. The van der Waals surface area contributed by atoms with E-state index in [1.54, 1.807) is 7.11 Å². The first-order valence-electron chi connectivity index (χ1n) is 8.78. The van der Waals surface area contributed by atoms with Crippen molar-refractivity contribution in [1.29, 1.82) is 5.26 Å². The molecule has 2 aromatic rings. The Morgan fingerprint density at radius 3 is 2.56 bits per heavy atom. The lowest BCUT2D eigenvalue weighted by molar-refractivity contribution is -0.0132. The van der Waals surface area contributed by atoms with Gasteiger partial charge in [-0.3, -0.25) is 4.79 Å². The number of fused-ring (bicyclic) bond motifs is 1. The molecule has 1 N–H and O–H groups in total. The molecule has 3 rings (SSSR count). The topological polar surface area (TPSA) is 69.1 Å². The van der Waals surface area contributed by atoms with Crippen molar-refractivity contribution >= 4 is 16.6 Å². The van der Waals surface area contributed by atoms with Crippen molar-refractivity contribution in [1.82, 2.24) is 4.98 Å². The number of ether oxygens (including phenoxy) is 1. The summed E-state index contributed by atoms with van der Waals surface area (Å²) in [5.41, 5.74) is 2.49. The van der Waals surface area contributed by atoms with Crippen molar-refractivity contribution < 1.29 is 4.74 Å². The Balaban J connectivity index is 2.16. The highest BCUT2D eigenvalue weighted by Gasteiger charge is 2.31. The van der Waals surface area contributed by atoms with Crippen LogP contribution in [0.15, 0.2) is 23.0 Å². The SMILES string of the molecule is COC1(C)CCN(c2c(C#N)c(=O)[nH]c3ccc(C(C)C)cc23)CC1. The lowest BCUT2D eigenvalue weighted by Gasteiger charge is -2.40. The summed E-state index contributed by atoms with van der Waals surface area (Å²) in [4.78, 5) is 17.4. The van der Waals surface area contributed by atoms with E-state index in [2.05, 4.69) is 42.8 Å². The van der Waals surface area contributed by atoms with Gasteiger partial charge in [-0.1, -0.05) is 19.9 Å². The quantitative estimate of drug-likeness (QED) is 0.929. The molecule has 5 nitrogen and oxygen atoms in total. The summed E-state index contributed by atoms with van der Waals surface area (Å²) < 4.78 is 5.62. The van der Waals surface area contributed by atoms with Crippen LogP contribution in [-0.2, 0) is 4.74 Å². The third-order valence-corrected chi connectivity index (χ3v) is 5.42. The van der Waals surface area contributed by atoms with Gasteiger partial charge in [0.2, 0.25) is 0 Å². The number of anilines is 1. The van der Waals surface area contributed by atoms with Gasteiger partial charge in [0, 0.05) is 25.6 Å². The number of benzene rings is 1. The molecule has 0 saturated carbocycles. The van der Waals surface area contributed by atoms with Crippen LogP contribution in [0.3, 0.4) is 0 Å². The lowest BCUT2D eigenvalue weighted by Crippen LogP contribution is -2.44. The molecule has 0 radical (unpaired) electrons. The minimum absolute atomic E-state index is 0.136. The Hall–Kier alpha value is -2.32. The number of H-pyrrole nitrogens is 1. The molecule has 2 heterocycles. The highest BCUT2D eigenvalue weighted by molar-refractivity contribution is 5.95. The van der Waals surface area contributed by atoms with Crippen molar-refractivity contribution in [2.45, 2.75) is 45.1 Å². The standard InChI is InChI=1S/C20H25N3O2/c1-13(2)14-5-6-17-15(11-14)18(16(12-21)19(24)22-17)23-9-7-20(3,25-4)8-10-23/h5-6,11,13H,7-10H2,1-4H3,(H,22,24). The number of methoxy groups -OCH3 is 1. The molecule has 0 unspecified atom stereocenters. The number of aromatic nitrogens is 1. The number of nitrogens with zero attached hydrogens (tertiary/aromatic N) is 2. The lowest BCUT2D eigenvalue weighted by atomic mass is 9.92. The fraction of sp³-hybridized carbons (Fsp3) is 0.500. The van der Waals surface area contributed by atoms with E-state index >= 15 is 0 Å². The summed E-state index contributed by atoms with van der Waals surface area (Å²) in [6.07, 6.45) is 1.74. The van der Waals surface area contributed by atoms with E-state index in [0.717, 1.165) is 42.5 Å². The van der Waals surface area contributed by atoms with E-state index in [-0.39, 0.29) is 16.7 Å². The molecule has 0 amide bonds. The van der Waals surface area contributed by atoms with Crippen LogP contribution in [0.4, 0.5) is 5.69 Å². The third-order valence-electron chi connectivity index (χ3n) is 5.42. The first-order chi connectivity index (χ1) is 11.9. The smallest absolute Gasteiger partial charge is 0.268 e. The highest BCUT2D eigenvalue weighted by atomic mass is 16.5. The maximum absolute atomic E-state index is 12.4. The number of pyridine rings is 1. The predicted octanol–water partition coefficient (Wildman–Crippen LogP) is 3.53. The van der Waals surface area contributed by atoms with Crippen molar-refractivity contribution in [3.05, 3.63) is 39.7 Å². The van der Waals surface area contributed by atoms with Crippen LogP contribution in [0.25, 0.3) is 10.9 Å². The highest BCUT2D eigenvalue weighted by Crippen LogP contribution is 2.34. The van der Waals surface area contributed by atoms with Gasteiger partial charge in [-0.05, 0) is 43.4 Å². The predicted molar refractivity (Wildman–Crippen MR) is 100 cm³/mol. The summed E-state index contributed by atoms with van der Waals surface area (Å²) in [5.74, 6) is 0.382. The van der Waals surface area contributed by atoms with Gasteiger partial charge in [0.05, 0.1) is 16.8 Å². The van der Waals surface area contributed by atoms with E-state index in [1.165, 1.54) is 5.56 Å². The first-order valence-corrected chi connectivity index (χ1v) is 8.78. The molecule has 1 fully saturated rings. The molecule has 1 aromatic carbocycles. The molecule has 0 atom stereocenters. The van der Waals surface area contributed by atoms with Gasteiger partial charge >= 0.3 is 0 Å². The van der Waals surface area contributed by atoms with Crippen LogP contribution < -0.4 is 10.5 Å². The van der Waals surface area contributed by atoms with E-state index < -0.39 is 0 Å². The Kier molecular flexibility index (Phi) is 4.57. The average molecular weight is 339 g/mol. The number of aromatic amines is 1. The molecule has 0 bridgehead atoms. The minimum atomic E-state index is -0.317. The molecular formula is C20H25N3O2. The van der Waals surface area contributed by atoms with Crippen molar-refractivity contribution in [2.75, 3.05) is 25.1 Å². The summed E-state index contributed by atoms with van der Waals surface area (Å²) in [7, 11) is 1.74. The van der Waals surface area contributed by atoms with Crippen LogP contribution in [0.1, 0.15) is 50.7 Å². The van der Waals surface area contributed by atoms with E-state index in [0.29, 0.717) is 5.92 Å². The zero-order valence-corrected chi connectivity index (χ0v) is 15.3. The monoisotopic (exact) mass is 339 g/mol. The van der Waals surface area contributed by atoms with Crippen molar-refractivity contribution in [2.24, 2.45) is 0 Å². The maximum atomic E-state index is 12.4. The number of hydrogen-bond donors (Lipinski definition) is 1. The summed E-state index contributed by atoms with van der Waals surface area (Å²) in [5, 5.41) is 10.5. The van der Waals surface area contributed by atoms with E-state index in [9.17, 15) is 10.1 Å². The maximum Gasteiger partial charge on any atom is 0.268 e. The van der Waals surface area contributed by atoms with Gasteiger partial charge in [-0.15, -0.1) is 0 Å². The zero-order chi connectivity index (χ0) is 18.2. The second kappa shape index (κ2) is 6.53. The minimum Gasteiger partial charge on any atom is -0.378 e. The van der Waals surface area contributed by atoms with Gasteiger partial charge in [-0.2, -0.15) is 5.26 Å². The molecule has 25 heavy (non-hydrogen) atoms. The molecule has 5 heteroatoms. The zero-order valence-electron chi connectivity index (χ0n) is 15.3. The summed E-state index contributed by atoms with van der Waals surface area (Å²) in [6, 6.07) is 8.21. The molecule has 0 aliphatic carbocycles. The molecule has 132 valence electrons. The van der Waals surface area contributed by atoms with Gasteiger partial charge in [0.25, 0.3) is 5.56 Å². The Morgan fingerprint density at radius 2 is 2.00 bits per heavy atom. The number of piperidine rings is 1. The average Bonchev–Trinajstić information content (AvgIpc) is 2.61. The Morgan fingerprint density at radius 1 is 1.32 bits per heavy atom. The molecule has 1 saturated heterocycles. The van der Waals surface area contributed by atoms with Crippen LogP contribution in [0, 0.1) is 11.3 Å². The van der Waals surface area contributed by atoms with Crippen molar-refractivity contribution in [3.63, 3.8) is 0 Å². The largest absolute Gasteiger partial charge is 0.378 e. The molecule has 1 aromatic heterocycles. The van der Waals surface area contributed by atoms with Crippen LogP contribution >= 0.6 is 0 Å². The normalized spacial score (nSPS) is 17.0. The van der Waals surface area contributed by atoms with E-state index in [1.807, 2.05) is 12.1 Å². The third kappa shape index (κ3) is 3.14. The second-order valence-corrected chi connectivity index (χ2v) is 7.39. The first kappa shape index (κ1) is 17.5. The molecule has 0 spiro atoms. The molecular weight excluding hydrogens is 314 g/mol. The number of nitrogens with one attached hydrogen (secondary N) is 1. The van der Waals surface area contributed by atoms with Gasteiger partial charge < -0.3 is 14.6 Å². The molecule has 1 aliphatic heterocycles. The number of hydrogen-bond acceptors (Lipinski definition) is 4. The number of rotatable bonds is 3. The van der Waals surface area contributed by atoms with Crippen molar-refractivity contribution in [3.8, 4) is 6.07 Å². The van der Waals surface area contributed by atoms with Crippen LogP contribution in [0.2, 0.25) is 0 Å². The van der Waals surface area contributed by atoms with Gasteiger partial charge in [0.15, 0.2) is 0 Å². The Labute approximate surface area is 148 Å². The fourth-order valence-corrected chi connectivity index (χ4v) is 3.49. The summed E-state index contributed by atoms with van der Waals surface area (Å²) in [6.45, 7) is 7.93. The van der Waals surface area contributed by atoms with Gasteiger partial charge in [0.1, 0.15) is 11.6 Å². The van der Waals surface area contributed by atoms with Gasteiger partial charge in [-0.25, -0.2) is 0 Å².